The SMILES string of the molecule is O=C(Nc1cc2c(cc1Cl)C1ON1C=C2)c1ccc([N+](=O)[O-])cc1Cl. The van der Waals surface area contributed by atoms with E-state index in [9.17, 15) is 14.9 Å². The molecule has 0 spiro atoms. The summed E-state index contributed by atoms with van der Waals surface area (Å²) < 4.78 is 0. The first-order valence-electron chi connectivity index (χ1n) is 7.16. The number of fused-ring (bicyclic) bond motifs is 3. The predicted octanol–water partition coefficient (Wildman–Crippen LogP) is 4.38. The van der Waals surface area contributed by atoms with Gasteiger partial charge in [0.15, 0.2) is 0 Å². The smallest absolute Gasteiger partial charge is 0.270 e. The molecule has 1 atom stereocenters. The van der Waals surface area contributed by atoms with Gasteiger partial charge in [0.2, 0.25) is 6.23 Å². The number of hydrogen-bond donors (Lipinski definition) is 1. The Hall–Kier alpha value is -2.61. The van der Waals surface area contributed by atoms with E-state index in [1.807, 2.05) is 6.08 Å². The molecule has 0 bridgehead atoms. The summed E-state index contributed by atoms with van der Waals surface area (Å²) in [5.41, 5.74) is 2.14. The zero-order valence-corrected chi connectivity index (χ0v) is 13.9. The number of nitro benzene ring substituents is 1. The second-order valence-corrected chi connectivity index (χ2v) is 6.28. The van der Waals surface area contributed by atoms with Crippen LogP contribution in [0.5, 0.6) is 0 Å². The molecule has 126 valence electrons. The lowest BCUT2D eigenvalue weighted by molar-refractivity contribution is -0.384. The van der Waals surface area contributed by atoms with Crippen molar-refractivity contribution in [2.75, 3.05) is 5.32 Å². The van der Waals surface area contributed by atoms with Crippen LogP contribution in [-0.4, -0.2) is 15.9 Å². The summed E-state index contributed by atoms with van der Waals surface area (Å²) in [7, 11) is 0. The minimum atomic E-state index is -0.580. The van der Waals surface area contributed by atoms with Gasteiger partial charge < -0.3 is 5.32 Å². The second-order valence-electron chi connectivity index (χ2n) is 5.47. The van der Waals surface area contributed by atoms with E-state index in [1.54, 1.807) is 23.4 Å². The molecule has 2 heterocycles. The third kappa shape index (κ3) is 2.82. The van der Waals surface area contributed by atoms with Crippen LogP contribution in [0.2, 0.25) is 10.0 Å². The number of hydroxylamine groups is 2. The fourth-order valence-electron chi connectivity index (χ4n) is 2.60. The molecule has 0 saturated carbocycles. The molecule has 0 radical (unpaired) electrons. The normalized spacial score (nSPS) is 16.9. The van der Waals surface area contributed by atoms with Gasteiger partial charge in [-0.3, -0.25) is 14.9 Å². The zero-order valence-electron chi connectivity index (χ0n) is 12.4. The Morgan fingerprint density at radius 1 is 1.24 bits per heavy atom. The molecule has 9 heteroatoms. The van der Waals surface area contributed by atoms with Gasteiger partial charge in [0.25, 0.3) is 11.6 Å². The lowest BCUT2D eigenvalue weighted by atomic mass is 10.0. The molecule has 2 aliphatic heterocycles. The fraction of sp³-hybridized carbons (Fsp3) is 0.0625. The molecule has 0 aromatic heterocycles. The third-order valence-corrected chi connectivity index (χ3v) is 4.53. The van der Waals surface area contributed by atoms with Crippen LogP contribution in [0.25, 0.3) is 6.08 Å². The van der Waals surface area contributed by atoms with Gasteiger partial charge in [-0.15, -0.1) is 0 Å². The van der Waals surface area contributed by atoms with Crippen LogP contribution in [0.1, 0.15) is 27.7 Å². The third-order valence-electron chi connectivity index (χ3n) is 3.90. The van der Waals surface area contributed by atoms with Crippen LogP contribution >= 0.6 is 23.2 Å². The van der Waals surface area contributed by atoms with E-state index in [-0.39, 0.29) is 22.5 Å². The number of carbonyl (C=O) groups is 1. The number of carbonyl (C=O) groups excluding carboxylic acids is 1. The molecule has 2 aromatic carbocycles. The van der Waals surface area contributed by atoms with E-state index < -0.39 is 10.8 Å². The van der Waals surface area contributed by atoms with Crippen LogP contribution in [-0.2, 0) is 4.84 Å². The Labute approximate surface area is 151 Å². The Morgan fingerprint density at radius 3 is 2.76 bits per heavy atom. The highest BCUT2D eigenvalue weighted by molar-refractivity contribution is 6.36. The first kappa shape index (κ1) is 15.9. The Kier molecular flexibility index (Phi) is 3.64. The van der Waals surface area contributed by atoms with Crippen molar-refractivity contribution in [3.05, 3.63) is 73.4 Å². The number of rotatable bonds is 3. The maximum atomic E-state index is 12.4. The highest BCUT2D eigenvalue weighted by atomic mass is 35.5. The summed E-state index contributed by atoms with van der Waals surface area (Å²) in [5, 5.41) is 15.5. The van der Waals surface area contributed by atoms with Gasteiger partial charge in [0.05, 0.1) is 26.2 Å². The van der Waals surface area contributed by atoms with Gasteiger partial charge in [0.1, 0.15) is 0 Å². The van der Waals surface area contributed by atoms with Crippen molar-refractivity contribution >= 4 is 46.6 Å². The van der Waals surface area contributed by atoms with Crippen molar-refractivity contribution < 1.29 is 14.6 Å². The summed E-state index contributed by atoms with van der Waals surface area (Å²) in [6, 6.07) is 7.13. The minimum Gasteiger partial charge on any atom is -0.321 e. The number of anilines is 1. The highest BCUT2D eigenvalue weighted by Crippen LogP contribution is 2.45. The van der Waals surface area contributed by atoms with Gasteiger partial charge in [-0.25, -0.2) is 9.90 Å². The molecule has 0 aliphatic carbocycles. The zero-order chi connectivity index (χ0) is 17.7. The maximum absolute atomic E-state index is 12.4. The van der Waals surface area contributed by atoms with E-state index in [4.69, 9.17) is 28.0 Å². The Balaban J connectivity index is 1.61. The van der Waals surface area contributed by atoms with Crippen molar-refractivity contribution in [3.63, 3.8) is 0 Å². The first-order chi connectivity index (χ1) is 11.9. The van der Waals surface area contributed by atoms with Gasteiger partial charge in [-0.05, 0) is 29.8 Å². The van der Waals surface area contributed by atoms with Crippen LogP contribution < -0.4 is 5.32 Å². The van der Waals surface area contributed by atoms with Gasteiger partial charge >= 0.3 is 0 Å². The first-order valence-corrected chi connectivity index (χ1v) is 7.91. The Morgan fingerprint density at radius 2 is 2.04 bits per heavy atom. The lowest BCUT2D eigenvalue weighted by Crippen LogP contribution is -2.13. The molecule has 7 nitrogen and oxygen atoms in total. The molecular weight excluding hydrogens is 369 g/mol. The number of nitrogens with zero attached hydrogens (tertiary/aromatic N) is 2. The monoisotopic (exact) mass is 377 g/mol. The lowest BCUT2D eigenvalue weighted by Gasteiger charge is -2.13. The minimum absolute atomic E-state index is 0.0114. The summed E-state index contributed by atoms with van der Waals surface area (Å²) in [6.45, 7) is 0. The van der Waals surface area contributed by atoms with Crippen LogP contribution in [0.4, 0.5) is 11.4 Å². The number of hydrogen-bond acceptors (Lipinski definition) is 5. The molecule has 4 rings (SSSR count). The standard InChI is InChI=1S/C16H9Cl2N3O4/c17-12-6-9(21(23)24)1-2-10(12)15(22)19-14-5-8-3-4-20-16(25-20)11(8)7-13(14)18/h1-7,16H,(H,19,22). The maximum Gasteiger partial charge on any atom is 0.270 e. The van der Waals surface area contributed by atoms with E-state index in [0.717, 1.165) is 17.2 Å². The van der Waals surface area contributed by atoms with E-state index >= 15 is 0 Å². The number of benzene rings is 2. The van der Waals surface area contributed by atoms with Crippen molar-refractivity contribution in [2.45, 2.75) is 6.23 Å². The predicted molar refractivity (Wildman–Crippen MR) is 92.2 cm³/mol. The van der Waals surface area contributed by atoms with Crippen molar-refractivity contribution in [1.82, 2.24) is 5.06 Å². The van der Waals surface area contributed by atoms with Gasteiger partial charge in [-0.2, -0.15) is 0 Å². The van der Waals surface area contributed by atoms with Crippen LogP contribution in [0.15, 0.2) is 36.5 Å². The summed E-state index contributed by atoms with van der Waals surface area (Å²) in [5.74, 6) is -0.508. The molecule has 1 N–H and O–H groups in total. The Bertz CT molecular complexity index is 961. The molecule has 1 unspecified atom stereocenters. The van der Waals surface area contributed by atoms with Gasteiger partial charge in [-0.1, -0.05) is 23.2 Å². The number of amides is 1. The molecule has 2 aliphatic rings. The summed E-state index contributed by atoms with van der Waals surface area (Å²) in [6.07, 6.45) is 3.51. The molecule has 1 fully saturated rings. The molecule has 25 heavy (non-hydrogen) atoms. The highest BCUT2D eigenvalue weighted by Gasteiger charge is 2.39. The average molecular weight is 378 g/mol. The largest absolute Gasteiger partial charge is 0.321 e. The number of halogens is 2. The van der Waals surface area contributed by atoms with Crippen LogP contribution in [0.3, 0.4) is 0 Å². The van der Waals surface area contributed by atoms with Gasteiger partial charge in [0, 0.05) is 23.9 Å². The topological polar surface area (TPSA) is 87.8 Å². The summed E-state index contributed by atoms with van der Waals surface area (Å²) >= 11 is 12.2. The van der Waals surface area contributed by atoms with Crippen molar-refractivity contribution in [2.24, 2.45) is 0 Å². The molecule has 1 amide bonds. The second kappa shape index (κ2) is 5.73. The molecule has 2 aromatic rings. The van der Waals surface area contributed by atoms with Crippen LogP contribution in [0, 0.1) is 10.1 Å². The number of nitro groups is 1. The average Bonchev–Trinajstić information content (AvgIpc) is 3.35. The van der Waals surface area contributed by atoms with E-state index in [0.29, 0.717) is 10.7 Å². The number of nitrogens with one attached hydrogen (secondary N) is 1. The fourth-order valence-corrected chi connectivity index (χ4v) is 3.08. The van der Waals surface area contributed by atoms with E-state index in [1.165, 1.54) is 12.1 Å². The van der Waals surface area contributed by atoms with E-state index in [2.05, 4.69) is 5.32 Å². The molecular formula is C16H9Cl2N3O4. The van der Waals surface area contributed by atoms with Crippen molar-refractivity contribution in [3.8, 4) is 0 Å². The molecule has 1 saturated heterocycles. The van der Waals surface area contributed by atoms with Crippen molar-refractivity contribution in [1.29, 1.82) is 0 Å². The quantitative estimate of drug-likeness (QED) is 0.486. The summed E-state index contributed by atoms with van der Waals surface area (Å²) in [4.78, 5) is 27.9. The number of non-ortho nitro benzene ring substituents is 1.